The van der Waals surface area contributed by atoms with Gasteiger partial charge in [-0.2, -0.15) is 0 Å². The predicted molar refractivity (Wildman–Crippen MR) is 102 cm³/mol. The van der Waals surface area contributed by atoms with Crippen molar-refractivity contribution in [1.82, 2.24) is 5.32 Å². The third kappa shape index (κ3) is 5.10. The summed E-state index contributed by atoms with van der Waals surface area (Å²) in [5, 5.41) is 3.71. The van der Waals surface area contributed by atoms with Crippen molar-refractivity contribution < 1.29 is 14.3 Å². The molecule has 1 aliphatic rings. The summed E-state index contributed by atoms with van der Waals surface area (Å²) < 4.78 is 5.41. The van der Waals surface area contributed by atoms with Gasteiger partial charge >= 0.3 is 5.97 Å². The highest BCUT2D eigenvalue weighted by atomic mass is 35.5. The maximum atomic E-state index is 12.4. The highest BCUT2D eigenvalue weighted by Crippen LogP contribution is 2.24. The largest absolute Gasteiger partial charge is 0.444 e. The fourth-order valence-electron chi connectivity index (χ4n) is 2.34. The van der Waals surface area contributed by atoms with Gasteiger partial charge < -0.3 is 10.1 Å². The number of esters is 1. The summed E-state index contributed by atoms with van der Waals surface area (Å²) in [5.74, 6) is -0.925. The number of hydrogen-bond donors (Lipinski definition) is 1. The molecule has 1 aliphatic carbocycles. The zero-order chi connectivity index (χ0) is 18.5. The van der Waals surface area contributed by atoms with Crippen LogP contribution in [-0.4, -0.2) is 17.9 Å². The Labute approximate surface area is 161 Å². The van der Waals surface area contributed by atoms with Crippen LogP contribution >= 0.6 is 23.2 Å². The second kappa shape index (κ2) is 8.39. The molecule has 0 aliphatic heterocycles. The SMILES string of the molecule is O=C(/C=C/c1ccc(Cl)c(Cl)c1)O[C@H](C(=O)NC1CC1)c1ccccc1. The molecule has 0 heterocycles. The van der Waals surface area contributed by atoms with Gasteiger partial charge in [0.15, 0.2) is 0 Å². The van der Waals surface area contributed by atoms with Crippen molar-refractivity contribution in [3.63, 3.8) is 0 Å². The van der Waals surface area contributed by atoms with Crippen LogP contribution in [0.25, 0.3) is 6.08 Å². The average Bonchev–Trinajstić information content (AvgIpc) is 3.45. The van der Waals surface area contributed by atoms with E-state index >= 15 is 0 Å². The second-order valence-corrected chi connectivity index (χ2v) is 6.83. The molecule has 6 heteroatoms. The normalized spacial score (nSPS) is 14.8. The molecule has 0 bridgehead atoms. The van der Waals surface area contributed by atoms with Gasteiger partial charge in [0, 0.05) is 17.7 Å². The molecule has 1 fully saturated rings. The Balaban J connectivity index is 1.70. The van der Waals surface area contributed by atoms with E-state index in [4.69, 9.17) is 27.9 Å². The molecule has 1 N–H and O–H groups in total. The van der Waals surface area contributed by atoms with Crippen LogP contribution in [0.2, 0.25) is 10.0 Å². The first-order valence-corrected chi connectivity index (χ1v) is 8.97. The third-order valence-electron chi connectivity index (χ3n) is 3.85. The van der Waals surface area contributed by atoms with E-state index < -0.39 is 12.1 Å². The van der Waals surface area contributed by atoms with E-state index in [0.29, 0.717) is 21.2 Å². The van der Waals surface area contributed by atoms with Gasteiger partial charge in [-0.3, -0.25) is 4.79 Å². The minimum absolute atomic E-state index is 0.180. The van der Waals surface area contributed by atoms with Crippen LogP contribution in [0.5, 0.6) is 0 Å². The summed E-state index contributed by atoms with van der Waals surface area (Å²) in [7, 11) is 0. The van der Waals surface area contributed by atoms with Crippen LogP contribution < -0.4 is 5.32 Å². The maximum Gasteiger partial charge on any atom is 0.331 e. The molecule has 1 amide bonds. The van der Waals surface area contributed by atoms with Crippen molar-refractivity contribution >= 4 is 41.2 Å². The molecule has 0 spiro atoms. The van der Waals surface area contributed by atoms with E-state index in [1.54, 1.807) is 48.5 Å². The minimum atomic E-state index is -0.984. The molecule has 1 saturated carbocycles. The number of hydrogen-bond acceptors (Lipinski definition) is 3. The molecule has 134 valence electrons. The number of carbonyl (C=O) groups is 2. The summed E-state index contributed by atoms with van der Waals surface area (Å²) in [5.41, 5.74) is 1.33. The number of nitrogens with one attached hydrogen (secondary N) is 1. The van der Waals surface area contributed by atoms with Gasteiger partial charge in [-0.25, -0.2) is 4.79 Å². The maximum absolute atomic E-state index is 12.4. The number of halogens is 2. The summed E-state index contributed by atoms with van der Waals surface area (Å²) >= 11 is 11.8. The molecule has 4 nitrogen and oxygen atoms in total. The molecule has 0 aromatic heterocycles. The Morgan fingerprint density at radius 2 is 1.81 bits per heavy atom. The molecule has 2 aromatic carbocycles. The van der Waals surface area contributed by atoms with E-state index in [2.05, 4.69) is 5.32 Å². The van der Waals surface area contributed by atoms with Crippen molar-refractivity contribution in [2.24, 2.45) is 0 Å². The van der Waals surface area contributed by atoms with Crippen molar-refractivity contribution in [3.05, 3.63) is 75.8 Å². The minimum Gasteiger partial charge on any atom is -0.444 e. The fourth-order valence-corrected chi connectivity index (χ4v) is 2.65. The van der Waals surface area contributed by atoms with E-state index in [1.807, 2.05) is 6.07 Å². The molecule has 0 radical (unpaired) electrons. The summed E-state index contributed by atoms with van der Waals surface area (Å²) in [4.78, 5) is 24.7. The van der Waals surface area contributed by atoms with Crippen LogP contribution in [0.15, 0.2) is 54.6 Å². The van der Waals surface area contributed by atoms with Crippen molar-refractivity contribution in [2.45, 2.75) is 25.0 Å². The van der Waals surface area contributed by atoms with Gasteiger partial charge in [-0.15, -0.1) is 0 Å². The third-order valence-corrected chi connectivity index (χ3v) is 4.59. The number of carbonyl (C=O) groups excluding carboxylic acids is 2. The van der Waals surface area contributed by atoms with Crippen LogP contribution in [0.3, 0.4) is 0 Å². The number of rotatable bonds is 6. The topological polar surface area (TPSA) is 55.4 Å². The lowest BCUT2D eigenvalue weighted by Crippen LogP contribution is -2.33. The summed E-state index contributed by atoms with van der Waals surface area (Å²) in [6.45, 7) is 0. The quantitative estimate of drug-likeness (QED) is 0.581. The zero-order valence-electron chi connectivity index (χ0n) is 13.8. The summed E-state index contributed by atoms with van der Waals surface area (Å²) in [6.07, 6.45) is 3.75. The van der Waals surface area contributed by atoms with E-state index in [1.165, 1.54) is 6.08 Å². The molecule has 26 heavy (non-hydrogen) atoms. The van der Waals surface area contributed by atoms with Gasteiger partial charge in [-0.1, -0.05) is 59.6 Å². The Kier molecular flexibility index (Phi) is 5.96. The van der Waals surface area contributed by atoms with Crippen molar-refractivity contribution in [1.29, 1.82) is 0 Å². The highest BCUT2D eigenvalue weighted by Gasteiger charge is 2.30. The lowest BCUT2D eigenvalue weighted by molar-refractivity contribution is -0.151. The molecule has 3 rings (SSSR count). The Bertz CT molecular complexity index is 832. The Morgan fingerprint density at radius 1 is 1.08 bits per heavy atom. The number of benzene rings is 2. The first-order chi connectivity index (χ1) is 12.5. The van der Waals surface area contributed by atoms with Gasteiger partial charge in [0.1, 0.15) is 0 Å². The zero-order valence-corrected chi connectivity index (χ0v) is 15.3. The van der Waals surface area contributed by atoms with Gasteiger partial charge in [0.2, 0.25) is 6.10 Å². The van der Waals surface area contributed by atoms with Crippen LogP contribution in [0.1, 0.15) is 30.1 Å². The Hall–Kier alpha value is -2.30. The lowest BCUT2D eigenvalue weighted by Gasteiger charge is -2.17. The number of ether oxygens (including phenoxy) is 1. The molecule has 1 atom stereocenters. The number of amides is 1. The molecule has 2 aromatic rings. The van der Waals surface area contributed by atoms with Crippen molar-refractivity contribution in [3.8, 4) is 0 Å². The lowest BCUT2D eigenvalue weighted by atomic mass is 10.1. The van der Waals surface area contributed by atoms with Crippen LogP contribution in [-0.2, 0) is 14.3 Å². The van der Waals surface area contributed by atoms with Crippen LogP contribution in [0.4, 0.5) is 0 Å². The summed E-state index contributed by atoms with van der Waals surface area (Å²) in [6, 6.07) is 14.1. The Morgan fingerprint density at radius 3 is 2.46 bits per heavy atom. The van der Waals surface area contributed by atoms with Crippen molar-refractivity contribution in [2.75, 3.05) is 0 Å². The van der Waals surface area contributed by atoms with E-state index in [-0.39, 0.29) is 11.9 Å². The fraction of sp³-hybridized carbons (Fsp3) is 0.200. The highest BCUT2D eigenvalue weighted by molar-refractivity contribution is 6.42. The standard InChI is InChI=1S/C20H17Cl2NO3/c21-16-10-6-13(12-17(16)22)7-11-18(24)26-19(14-4-2-1-3-5-14)20(25)23-15-8-9-15/h1-7,10-12,15,19H,8-9H2,(H,23,25)/b11-7+/t19-/m0/s1. The predicted octanol–water partition coefficient (Wildman–Crippen LogP) is 4.57. The average molecular weight is 390 g/mol. The first-order valence-electron chi connectivity index (χ1n) is 8.22. The van der Waals surface area contributed by atoms with E-state index in [9.17, 15) is 9.59 Å². The second-order valence-electron chi connectivity index (χ2n) is 6.02. The molecule has 0 saturated heterocycles. The van der Waals surface area contributed by atoms with E-state index in [0.717, 1.165) is 12.8 Å². The van der Waals surface area contributed by atoms with Gasteiger partial charge in [-0.05, 0) is 36.6 Å². The smallest absolute Gasteiger partial charge is 0.331 e. The molecule has 0 unspecified atom stereocenters. The molecular weight excluding hydrogens is 373 g/mol. The molecular formula is C20H17Cl2NO3. The first kappa shape index (κ1) is 18.5. The van der Waals surface area contributed by atoms with Crippen LogP contribution in [0, 0.1) is 0 Å². The van der Waals surface area contributed by atoms with Gasteiger partial charge in [0.05, 0.1) is 10.0 Å². The van der Waals surface area contributed by atoms with Gasteiger partial charge in [0.25, 0.3) is 5.91 Å². The monoisotopic (exact) mass is 389 g/mol.